The minimum Gasteiger partial charge on any atom is -0.383 e. The molecule has 0 fully saturated rings. The van der Waals surface area contributed by atoms with E-state index in [-0.39, 0.29) is 0 Å². The van der Waals surface area contributed by atoms with Crippen molar-refractivity contribution in [1.29, 1.82) is 0 Å². The average molecular weight is 307 g/mol. The van der Waals surface area contributed by atoms with Crippen LogP contribution in [0.25, 0.3) is 10.9 Å². The van der Waals surface area contributed by atoms with E-state index < -0.39 is 0 Å². The SMILES string of the molecule is C#Cc1ccc2nc(Cn3ccnc3)nc(NCCOC)c2c1. The molecule has 6 heteroatoms. The molecule has 0 bridgehead atoms. The third kappa shape index (κ3) is 3.47. The zero-order valence-electron chi connectivity index (χ0n) is 12.9. The third-order valence-electron chi connectivity index (χ3n) is 3.39. The molecule has 1 aromatic carbocycles. The number of methoxy groups -OCH3 is 1. The third-order valence-corrected chi connectivity index (χ3v) is 3.39. The van der Waals surface area contributed by atoms with E-state index in [1.54, 1.807) is 19.6 Å². The van der Waals surface area contributed by atoms with Gasteiger partial charge in [-0.3, -0.25) is 0 Å². The van der Waals surface area contributed by atoms with Gasteiger partial charge in [0.2, 0.25) is 0 Å². The van der Waals surface area contributed by atoms with Gasteiger partial charge in [0.25, 0.3) is 0 Å². The molecule has 0 saturated carbocycles. The molecule has 2 aromatic heterocycles. The predicted molar refractivity (Wildman–Crippen MR) is 89.2 cm³/mol. The Morgan fingerprint density at radius 3 is 3.00 bits per heavy atom. The van der Waals surface area contributed by atoms with Crippen LogP contribution in [0.5, 0.6) is 0 Å². The minimum atomic E-state index is 0.561. The lowest BCUT2D eigenvalue weighted by Gasteiger charge is -2.11. The molecule has 0 spiro atoms. The second-order valence-corrected chi connectivity index (χ2v) is 5.02. The highest BCUT2D eigenvalue weighted by molar-refractivity contribution is 5.90. The normalized spacial score (nSPS) is 10.6. The van der Waals surface area contributed by atoms with E-state index in [1.807, 2.05) is 29.0 Å². The van der Waals surface area contributed by atoms with E-state index in [0.29, 0.717) is 25.5 Å². The lowest BCUT2D eigenvalue weighted by atomic mass is 10.1. The van der Waals surface area contributed by atoms with Crippen molar-refractivity contribution in [3.63, 3.8) is 0 Å². The molecule has 0 radical (unpaired) electrons. The Hall–Kier alpha value is -2.91. The van der Waals surface area contributed by atoms with Crippen LogP contribution in [-0.2, 0) is 11.3 Å². The maximum absolute atomic E-state index is 5.49. The molecule has 1 N–H and O–H groups in total. The first kappa shape index (κ1) is 15.0. The highest BCUT2D eigenvalue weighted by Crippen LogP contribution is 2.22. The fourth-order valence-corrected chi connectivity index (χ4v) is 2.29. The summed E-state index contributed by atoms with van der Waals surface area (Å²) < 4.78 is 7.01. The molecule has 3 rings (SSSR count). The largest absolute Gasteiger partial charge is 0.383 e. The molecule has 3 aromatic rings. The van der Waals surface area contributed by atoms with E-state index in [9.17, 15) is 0 Å². The Kier molecular flexibility index (Phi) is 4.50. The van der Waals surface area contributed by atoms with Crippen LogP contribution in [0.2, 0.25) is 0 Å². The van der Waals surface area contributed by atoms with Gasteiger partial charge in [0.1, 0.15) is 5.82 Å². The van der Waals surface area contributed by atoms with Crippen LogP contribution in [0.3, 0.4) is 0 Å². The van der Waals surface area contributed by atoms with Crippen molar-refractivity contribution in [3.05, 3.63) is 48.3 Å². The maximum Gasteiger partial charge on any atom is 0.151 e. The van der Waals surface area contributed by atoms with Crippen molar-refractivity contribution in [2.75, 3.05) is 25.6 Å². The van der Waals surface area contributed by atoms with Gasteiger partial charge in [-0.15, -0.1) is 6.42 Å². The molecule has 6 nitrogen and oxygen atoms in total. The van der Waals surface area contributed by atoms with Gasteiger partial charge in [-0.25, -0.2) is 15.0 Å². The summed E-state index contributed by atoms with van der Waals surface area (Å²) in [5.41, 5.74) is 1.66. The standard InChI is InChI=1S/C17H17N5O/c1-3-13-4-5-15-14(10-13)17(19-7-9-23-2)21-16(20-15)11-22-8-6-18-12-22/h1,4-6,8,10,12H,7,9,11H2,2H3,(H,19,20,21). The average Bonchev–Trinajstić information content (AvgIpc) is 3.07. The van der Waals surface area contributed by atoms with E-state index in [1.165, 1.54) is 0 Å². The van der Waals surface area contributed by atoms with Crippen molar-refractivity contribution in [2.45, 2.75) is 6.54 Å². The van der Waals surface area contributed by atoms with Gasteiger partial charge in [-0.2, -0.15) is 0 Å². The predicted octanol–water partition coefficient (Wildman–Crippen LogP) is 1.91. The molecule has 0 aliphatic heterocycles. The van der Waals surface area contributed by atoms with Crippen molar-refractivity contribution >= 4 is 16.7 Å². The van der Waals surface area contributed by atoms with E-state index in [0.717, 1.165) is 22.3 Å². The molecule has 116 valence electrons. The maximum atomic E-state index is 5.49. The van der Waals surface area contributed by atoms with Crippen molar-refractivity contribution in [2.24, 2.45) is 0 Å². The summed E-state index contributed by atoms with van der Waals surface area (Å²) in [6, 6.07) is 5.73. The number of fused-ring (bicyclic) bond motifs is 1. The number of hydrogen-bond donors (Lipinski definition) is 1. The van der Waals surface area contributed by atoms with Crippen molar-refractivity contribution in [1.82, 2.24) is 19.5 Å². The summed E-state index contributed by atoms with van der Waals surface area (Å²) in [5, 5.41) is 4.20. The fraction of sp³-hybridized carbons (Fsp3) is 0.235. The molecule has 0 atom stereocenters. The molecular formula is C17H17N5O. The zero-order chi connectivity index (χ0) is 16.1. The number of rotatable bonds is 6. The second-order valence-electron chi connectivity index (χ2n) is 5.02. The summed E-state index contributed by atoms with van der Waals surface area (Å²) in [5.74, 6) is 4.12. The highest BCUT2D eigenvalue weighted by atomic mass is 16.5. The lowest BCUT2D eigenvalue weighted by molar-refractivity contribution is 0.210. The van der Waals surface area contributed by atoms with Crippen LogP contribution in [0.1, 0.15) is 11.4 Å². The number of anilines is 1. The number of ether oxygens (including phenoxy) is 1. The molecule has 0 aliphatic carbocycles. The second kappa shape index (κ2) is 6.90. The van der Waals surface area contributed by atoms with Gasteiger partial charge >= 0.3 is 0 Å². The van der Waals surface area contributed by atoms with Gasteiger partial charge in [0, 0.05) is 37.0 Å². The Bertz CT molecular complexity index is 836. The van der Waals surface area contributed by atoms with Crippen LogP contribution in [0.4, 0.5) is 5.82 Å². The Balaban J connectivity index is 2.00. The molecule has 0 aliphatic rings. The molecule has 23 heavy (non-hydrogen) atoms. The first-order valence-electron chi connectivity index (χ1n) is 7.26. The van der Waals surface area contributed by atoms with Crippen LogP contribution >= 0.6 is 0 Å². The van der Waals surface area contributed by atoms with Gasteiger partial charge in [-0.05, 0) is 18.2 Å². The van der Waals surface area contributed by atoms with Crippen LogP contribution in [0, 0.1) is 12.3 Å². The first-order valence-corrected chi connectivity index (χ1v) is 7.26. The number of imidazole rings is 1. The summed E-state index contributed by atoms with van der Waals surface area (Å²) in [4.78, 5) is 13.3. The summed E-state index contributed by atoms with van der Waals surface area (Å²) in [6.07, 6.45) is 10.9. The van der Waals surface area contributed by atoms with Crippen molar-refractivity contribution in [3.8, 4) is 12.3 Å². The summed E-state index contributed by atoms with van der Waals surface area (Å²) >= 11 is 0. The lowest BCUT2D eigenvalue weighted by Crippen LogP contribution is -2.12. The molecule has 0 amide bonds. The van der Waals surface area contributed by atoms with Crippen LogP contribution in [-0.4, -0.2) is 39.8 Å². The Morgan fingerprint density at radius 2 is 2.26 bits per heavy atom. The quantitative estimate of drug-likeness (QED) is 0.557. The zero-order valence-corrected chi connectivity index (χ0v) is 12.9. The monoisotopic (exact) mass is 307 g/mol. The molecular weight excluding hydrogens is 290 g/mol. The van der Waals surface area contributed by atoms with E-state index >= 15 is 0 Å². The Labute approximate surface area is 134 Å². The first-order chi connectivity index (χ1) is 11.3. The summed E-state index contributed by atoms with van der Waals surface area (Å²) in [7, 11) is 1.67. The Morgan fingerprint density at radius 1 is 1.35 bits per heavy atom. The van der Waals surface area contributed by atoms with Gasteiger partial charge < -0.3 is 14.6 Å². The molecule has 0 unspecified atom stereocenters. The number of hydrogen-bond acceptors (Lipinski definition) is 5. The number of aromatic nitrogens is 4. The highest BCUT2D eigenvalue weighted by Gasteiger charge is 2.09. The molecule has 2 heterocycles. The van der Waals surface area contributed by atoms with E-state index in [4.69, 9.17) is 11.2 Å². The van der Waals surface area contributed by atoms with Gasteiger partial charge in [0.15, 0.2) is 5.82 Å². The number of nitrogens with zero attached hydrogens (tertiary/aromatic N) is 4. The topological polar surface area (TPSA) is 64.9 Å². The van der Waals surface area contributed by atoms with Crippen LogP contribution < -0.4 is 5.32 Å². The number of benzene rings is 1. The smallest absolute Gasteiger partial charge is 0.151 e. The minimum absolute atomic E-state index is 0.561. The van der Waals surface area contributed by atoms with Crippen molar-refractivity contribution < 1.29 is 4.74 Å². The van der Waals surface area contributed by atoms with Gasteiger partial charge in [0.05, 0.1) is 25.0 Å². The van der Waals surface area contributed by atoms with Gasteiger partial charge in [-0.1, -0.05) is 5.92 Å². The van der Waals surface area contributed by atoms with E-state index in [2.05, 4.69) is 26.2 Å². The van der Waals surface area contributed by atoms with Crippen LogP contribution in [0.15, 0.2) is 36.9 Å². The number of nitrogens with one attached hydrogen (secondary N) is 1. The number of terminal acetylenes is 1. The molecule has 0 saturated heterocycles. The fourth-order valence-electron chi connectivity index (χ4n) is 2.29. The summed E-state index contributed by atoms with van der Waals surface area (Å²) in [6.45, 7) is 1.82.